The summed E-state index contributed by atoms with van der Waals surface area (Å²) in [6, 6.07) is 15.2. The van der Waals surface area contributed by atoms with Crippen LogP contribution >= 0.6 is 11.8 Å². The van der Waals surface area contributed by atoms with Gasteiger partial charge in [0.25, 0.3) is 5.91 Å². The Bertz CT molecular complexity index is 764. The Hall–Kier alpha value is -2.47. The number of carbonyl (C=O) groups is 2. The van der Waals surface area contributed by atoms with E-state index in [1.807, 2.05) is 61.7 Å². The average molecular weight is 372 g/mol. The van der Waals surface area contributed by atoms with Gasteiger partial charge in [-0.2, -0.15) is 0 Å². The van der Waals surface area contributed by atoms with Crippen LogP contribution in [0.1, 0.15) is 12.5 Å². The Balaban J connectivity index is 1.87. The Kier molecular flexibility index (Phi) is 7.53. The summed E-state index contributed by atoms with van der Waals surface area (Å²) in [6.07, 6.45) is 2.78. The zero-order chi connectivity index (χ0) is 18.9. The molecule has 0 aliphatic carbocycles. The topological polar surface area (TPSA) is 58.6 Å². The zero-order valence-corrected chi connectivity index (χ0v) is 16.1. The van der Waals surface area contributed by atoms with E-state index in [1.165, 1.54) is 4.90 Å². The normalized spacial score (nSPS) is 10.3. The van der Waals surface area contributed by atoms with Crippen LogP contribution in [0.25, 0.3) is 0 Å². The zero-order valence-electron chi connectivity index (χ0n) is 15.3. The number of benzene rings is 2. The minimum Gasteiger partial charge on any atom is -0.483 e. The van der Waals surface area contributed by atoms with Crippen LogP contribution in [0.4, 0.5) is 5.69 Å². The molecule has 26 heavy (non-hydrogen) atoms. The van der Waals surface area contributed by atoms with Crippen molar-refractivity contribution in [1.82, 2.24) is 4.90 Å². The third kappa shape index (κ3) is 5.52. The van der Waals surface area contributed by atoms with Crippen molar-refractivity contribution in [3.05, 3.63) is 54.1 Å². The maximum Gasteiger partial charge on any atom is 0.260 e. The van der Waals surface area contributed by atoms with Crippen LogP contribution in [0.5, 0.6) is 5.75 Å². The van der Waals surface area contributed by atoms with Crippen LogP contribution in [0.2, 0.25) is 0 Å². The van der Waals surface area contributed by atoms with Crippen molar-refractivity contribution in [2.75, 3.05) is 31.8 Å². The average Bonchev–Trinajstić information content (AvgIpc) is 2.66. The summed E-state index contributed by atoms with van der Waals surface area (Å²) in [4.78, 5) is 26.8. The summed E-state index contributed by atoms with van der Waals surface area (Å²) >= 11 is 1.56. The SMILES string of the molecule is CCc1ccccc1OCC(=O)N(C)CC(=O)Nc1ccccc1SC. The second kappa shape index (κ2) is 9.87. The molecule has 0 heterocycles. The number of thioether (sulfide) groups is 1. The van der Waals surface area contributed by atoms with E-state index in [4.69, 9.17) is 4.74 Å². The third-order valence-electron chi connectivity index (χ3n) is 3.89. The van der Waals surface area contributed by atoms with E-state index in [9.17, 15) is 9.59 Å². The van der Waals surface area contributed by atoms with Crippen LogP contribution in [-0.2, 0) is 16.0 Å². The molecule has 0 spiro atoms. The number of hydrogen-bond acceptors (Lipinski definition) is 4. The highest BCUT2D eigenvalue weighted by molar-refractivity contribution is 7.98. The van der Waals surface area contributed by atoms with Gasteiger partial charge >= 0.3 is 0 Å². The van der Waals surface area contributed by atoms with Crippen LogP contribution in [-0.4, -0.2) is 43.2 Å². The maximum atomic E-state index is 12.2. The Morgan fingerprint density at radius 2 is 1.81 bits per heavy atom. The molecule has 2 amide bonds. The van der Waals surface area contributed by atoms with Crippen LogP contribution in [0.3, 0.4) is 0 Å². The lowest BCUT2D eigenvalue weighted by Gasteiger charge is -2.18. The minimum atomic E-state index is -0.246. The van der Waals surface area contributed by atoms with E-state index in [2.05, 4.69) is 5.32 Å². The highest BCUT2D eigenvalue weighted by Crippen LogP contribution is 2.24. The van der Waals surface area contributed by atoms with E-state index in [0.29, 0.717) is 5.75 Å². The predicted molar refractivity (Wildman–Crippen MR) is 106 cm³/mol. The van der Waals surface area contributed by atoms with Gasteiger partial charge in [0.2, 0.25) is 5.91 Å². The van der Waals surface area contributed by atoms with Crippen LogP contribution in [0.15, 0.2) is 53.4 Å². The molecular weight excluding hydrogens is 348 g/mol. The van der Waals surface area contributed by atoms with Crippen molar-refractivity contribution in [2.45, 2.75) is 18.2 Å². The summed E-state index contributed by atoms with van der Waals surface area (Å²) in [5.74, 6) is 0.218. The number of para-hydroxylation sites is 2. The molecule has 138 valence electrons. The Morgan fingerprint density at radius 3 is 2.54 bits per heavy atom. The molecule has 1 N–H and O–H groups in total. The van der Waals surface area contributed by atoms with Gasteiger partial charge in [0.15, 0.2) is 6.61 Å². The van der Waals surface area contributed by atoms with Gasteiger partial charge in [0.1, 0.15) is 5.75 Å². The second-order valence-electron chi connectivity index (χ2n) is 5.75. The molecule has 0 radical (unpaired) electrons. The number of nitrogens with one attached hydrogen (secondary N) is 1. The highest BCUT2D eigenvalue weighted by atomic mass is 32.2. The largest absolute Gasteiger partial charge is 0.483 e. The lowest BCUT2D eigenvalue weighted by atomic mass is 10.1. The summed E-state index contributed by atoms with van der Waals surface area (Å²) in [7, 11) is 1.59. The lowest BCUT2D eigenvalue weighted by Crippen LogP contribution is -2.37. The van der Waals surface area contributed by atoms with Crippen molar-refractivity contribution in [2.24, 2.45) is 0 Å². The van der Waals surface area contributed by atoms with Gasteiger partial charge in [-0.15, -0.1) is 11.8 Å². The van der Waals surface area contributed by atoms with Gasteiger partial charge < -0.3 is 15.0 Å². The van der Waals surface area contributed by atoms with E-state index in [0.717, 1.165) is 22.6 Å². The molecule has 2 aromatic carbocycles. The number of aryl methyl sites for hydroxylation is 1. The van der Waals surface area contributed by atoms with Crippen molar-refractivity contribution >= 4 is 29.3 Å². The van der Waals surface area contributed by atoms with Crippen LogP contribution < -0.4 is 10.1 Å². The summed E-state index contributed by atoms with van der Waals surface area (Å²) in [6.45, 7) is 1.91. The minimum absolute atomic E-state index is 0.0274. The van der Waals surface area contributed by atoms with Gasteiger partial charge in [-0.3, -0.25) is 9.59 Å². The van der Waals surface area contributed by atoms with Gasteiger partial charge in [-0.1, -0.05) is 37.3 Å². The van der Waals surface area contributed by atoms with E-state index in [1.54, 1.807) is 18.8 Å². The van der Waals surface area contributed by atoms with Gasteiger partial charge in [0, 0.05) is 11.9 Å². The quantitative estimate of drug-likeness (QED) is 0.721. The first-order valence-corrected chi connectivity index (χ1v) is 9.65. The monoisotopic (exact) mass is 372 g/mol. The van der Waals surface area contributed by atoms with E-state index >= 15 is 0 Å². The lowest BCUT2D eigenvalue weighted by molar-refractivity contribution is -0.135. The first-order chi connectivity index (χ1) is 12.5. The molecule has 0 atom stereocenters. The maximum absolute atomic E-state index is 12.2. The molecule has 0 fully saturated rings. The number of anilines is 1. The summed E-state index contributed by atoms with van der Waals surface area (Å²) < 4.78 is 5.62. The number of rotatable bonds is 8. The number of likely N-dealkylation sites (N-methyl/N-ethyl adjacent to an activating group) is 1. The molecule has 0 unspecified atom stereocenters. The van der Waals surface area contributed by atoms with Gasteiger partial charge in [-0.05, 0) is 36.4 Å². The number of hydrogen-bond donors (Lipinski definition) is 1. The molecule has 5 nitrogen and oxygen atoms in total. The molecule has 0 bridgehead atoms. The van der Waals surface area contributed by atoms with E-state index in [-0.39, 0.29) is 25.0 Å². The molecule has 2 aromatic rings. The molecule has 2 rings (SSSR count). The molecule has 0 saturated heterocycles. The van der Waals surface area contributed by atoms with E-state index < -0.39 is 0 Å². The molecular formula is C20H24N2O3S. The van der Waals surface area contributed by atoms with Crippen molar-refractivity contribution in [3.63, 3.8) is 0 Å². The third-order valence-corrected chi connectivity index (χ3v) is 4.69. The van der Waals surface area contributed by atoms with Crippen LogP contribution in [0, 0.1) is 0 Å². The fourth-order valence-electron chi connectivity index (χ4n) is 2.43. The fourth-order valence-corrected chi connectivity index (χ4v) is 2.98. The standard InChI is InChI=1S/C20H24N2O3S/c1-4-15-9-5-7-11-17(15)25-14-20(24)22(2)13-19(23)21-16-10-6-8-12-18(16)26-3/h5-12H,4,13-14H2,1-3H3,(H,21,23). The molecule has 0 saturated carbocycles. The van der Waals surface area contributed by atoms with Crippen molar-refractivity contribution in [3.8, 4) is 5.75 Å². The molecule has 6 heteroatoms. The molecule has 0 aromatic heterocycles. The number of carbonyl (C=O) groups excluding carboxylic acids is 2. The smallest absolute Gasteiger partial charge is 0.260 e. The molecule has 0 aliphatic heterocycles. The number of ether oxygens (including phenoxy) is 1. The van der Waals surface area contributed by atoms with Crippen molar-refractivity contribution < 1.29 is 14.3 Å². The first kappa shape index (κ1) is 19.8. The second-order valence-corrected chi connectivity index (χ2v) is 6.60. The van der Waals surface area contributed by atoms with Gasteiger partial charge in [0.05, 0.1) is 12.2 Å². The van der Waals surface area contributed by atoms with Crippen molar-refractivity contribution in [1.29, 1.82) is 0 Å². The summed E-state index contributed by atoms with van der Waals surface area (Å²) in [5, 5.41) is 2.84. The highest BCUT2D eigenvalue weighted by Gasteiger charge is 2.15. The number of amides is 2. The molecule has 0 aliphatic rings. The number of nitrogens with zero attached hydrogens (tertiary/aromatic N) is 1. The first-order valence-electron chi connectivity index (χ1n) is 8.42. The predicted octanol–water partition coefficient (Wildman–Crippen LogP) is 3.45. The Labute approximate surface area is 158 Å². The Morgan fingerprint density at radius 1 is 1.12 bits per heavy atom. The summed E-state index contributed by atoms with van der Waals surface area (Å²) in [5.41, 5.74) is 1.80. The van der Waals surface area contributed by atoms with Gasteiger partial charge in [-0.25, -0.2) is 0 Å². The fraction of sp³-hybridized carbons (Fsp3) is 0.300.